The summed E-state index contributed by atoms with van der Waals surface area (Å²) in [5.41, 5.74) is 1.88. The molecule has 0 spiro atoms. The van der Waals surface area contributed by atoms with Crippen LogP contribution in [0.4, 0.5) is 4.79 Å². The van der Waals surface area contributed by atoms with Gasteiger partial charge in [0.15, 0.2) is 0 Å². The van der Waals surface area contributed by atoms with Crippen LogP contribution in [0.1, 0.15) is 24.0 Å². The summed E-state index contributed by atoms with van der Waals surface area (Å²) < 4.78 is 1.62. The zero-order valence-electron chi connectivity index (χ0n) is 13.8. The summed E-state index contributed by atoms with van der Waals surface area (Å²) in [6, 6.07) is 12.3. The molecule has 0 unspecified atom stereocenters. The number of nitrogens with zero attached hydrogens (tertiary/aromatic N) is 1. The van der Waals surface area contributed by atoms with Crippen LogP contribution < -0.4 is 16.2 Å². The van der Waals surface area contributed by atoms with Gasteiger partial charge in [-0.15, -0.1) is 0 Å². The molecule has 132 valence electrons. The van der Waals surface area contributed by atoms with Crippen molar-refractivity contribution in [1.29, 1.82) is 0 Å². The molecule has 0 atom stereocenters. The van der Waals surface area contributed by atoms with E-state index in [1.165, 1.54) is 6.07 Å². The average molecular weight is 343 g/mol. The van der Waals surface area contributed by atoms with Gasteiger partial charge in [0, 0.05) is 31.8 Å². The first-order valence-corrected chi connectivity index (χ1v) is 8.01. The highest BCUT2D eigenvalue weighted by Crippen LogP contribution is 2.05. The van der Waals surface area contributed by atoms with Crippen LogP contribution in [0.5, 0.6) is 0 Å². The SMILES string of the molecule is O=C(O)CCCNC(=O)NCc1ccc(Cn2ccccc2=O)cc1. The Morgan fingerprint density at radius 3 is 2.40 bits per heavy atom. The van der Waals surface area contributed by atoms with Crippen LogP contribution in [-0.4, -0.2) is 28.2 Å². The van der Waals surface area contributed by atoms with Crippen LogP contribution in [0, 0.1) is 0 Å². The molecule has 7 heteroatoms. The highest BCUT2D eigenvalue weighted by atomic mass is 16.4. The number of hydrogen-bond acceptors (Lipinski definition) is 3. The maximum absolute atomic E-state index is 11.7. The predicted octanol–water partition coefficient (Wildman–Crippen LogP) is 1.56. The van der Waals surface area contributed by atoms with Gasteiger partial charge in [-0.1, -0.05) is 30.3 Å². The molecule has 25 heavy (non-hydrogen) atoms. The molecule has 7 nitrogen and oxygen atoms in total. The topological polar surface area (TPSA) is 100 Å². The fraction of sp³-hybridized carbons (Fsp3) is 0.278. The summed E-state index contributed by atoms with van der Waals surface area (Å²) in [6.07, 6.45) is 2.18. The summed E-state index contributed by atoms with van der Waals surface area (Å²) in [5, 5.41) is 13.8. The maximum Gasteiger partial charge on any atom is 0.315 e. The van der Waals surface area contributed by atoms with Crippen molar-refractivity contribution >= 4 is 12.0 Å². The van der Waals surface area contributed by atoms with Crippen molar-refractivity contribution in [3.63, 3.8) is 0 Å². The normalized spacial score (nSPS) is 10.2. The molecule has 0 saturated carbocycles. The first kappa shape index (κ1) is 18.3. The molecule has 2 aromatic rings. The van der Waals surface area contributed by atoms with Gasteiger partial charge in [-0.3, -0.25) is 9.59 Å². The first-order chi connectivity index (χ1) is 12.0. The number of aliphatic carboxylic acids is 1. The molecule has 1 heterocycles. The number of carboxylic acid groups (broad SMARTS) is 1. The van der Waals surface area contributed by atoms with Gasteiger partial charge in [0.1, 0.15) is 0 Å². The lowest BCUT2D eigenvalue weighted by Crippen LogP contribution is -2.35. The first-order valence-electron chi connectivity index (χ1n) is 8.01. The molecule has 0 bridgehead atoms. The molecule has 0 fully saturated rings. The van der Waals surface area contributed by atoms with Crippen molar-refractivity contribution < 1.29 is 14.7 Å². The minimum absolute atomic E-state index is 0.0340. The van der Waals surface area contributed by atoms with E-state index >= 15 is 0 Å². The molecule has 1 aromatic heterocycles. The van der Waals surface area contributed by atoms with E-state index in [0.29, 0.717) is 26.1 Å². The molecule has 0 aliphatic carbocycles. The number of carboxylic acids is 1. The third-order valence-electron chi connectivity index (χ3n) is 3.58. The summed E-state index contributed by atoms with van der Waals surface area (Å²) in [5.74, 6) is -0.875. The molecular weight excluding hydrogens is 322 g/mol. The number of amides is 2. The Kier molecular flexibility index (Phi) is 6.76. The van der Waals surface area contributed by atoms with Crippen molar-refractivity contribution in [3.05, 3.63) is 70.1 Å². The monoisotopic (exact) mass is 343 g/mol. The summed E-state index contributed by atoms with van der Waals surface area (Å²) in [6.45, 7) is 1.19. The van der Waals surface area contributed by atoms with Gasteiger partial charge in [-0.25, -0.2) is 4.79 Å². The lowest BCUT2D eigenvalue weighted by atomic mass is 10.1. The summed E-state index contributed by atoms with van der Waals surface area (Å²) in [4.78, 5) is 33.7. The number of aromatic nitrogens is 1. The number of benzene rings is 1. The van der Waals surface area contributed by atoms with E-state index in [-0.39, 0.29) is 18.0 Å². The van der Waals surface area contributed by atoms with Gasteiger partial charge in [0.25, 0.3) is 5.56 Å². The quantitative estimate of drug-likeness (QED) is 0.633. The second-order valence-electron chi connectivity index (χ2n) is 5.59. The molecule has 0 radical (unpaired) electrons. The Hall–Kier alpha value is -3.09. The van der Waals surface area contributed by atoms with Crippen LogP contribution in [0.15, 0.2) is 53.5 Å². The van der Waals surface area contributed by atoms with Gasteiger partial charge in [0.2, 0.25) is 0 Å². The van der Waals surface area contributed by atoms with E-state index in [2.05, 4.69) is 10.6 Å². The molecule has 0 saturated heterocycles. The minimum atomic E-state index is -0.875. The highest BCUT2D eigenvalue weighted by Gasteiger charge is 2.02. The average Bonchev–Trinajstić information content (AvgIpc) is 2.60. The van der Waals surface area contributed by atoms with E-state index in [0.717, 1.165) is 11.1 Å². The van der Waals surface area contributed by atoms with Crippen LogP contribution in [0.25, 0.3) is 0 Å². The molecule has 3 N–H and O–H groups in total. The highest BCUT2D eigenvalue weighted by molar-refractivity contribution is 5.73. The van der Waals surface area contributed by atoms with Crippen molar-refractivity contribution in [1.82, 2.24) is 15.2 Å². The van der Waals surface area contributed by atoms with Crippen molar-refractivity contribution in [3.8, 4) is 0 Å². The number of nitrogens with one attached hydrogen (secondary N) is 2. The summed E-state index contributed by atoms with van der Waals surface area (Å²) >= 11 is 0. The Balaban J connectivity index is 1.76. The third kappa shape index (κ3) is 6.50. The Bertz CT molecular complexity index is 768. The van der Waals surface area contributed by atoms with Gasteiger partial charge < -0.3 is 20.3 Å². The van der Waals surface area contributed by atoms with E-state index in [1.54, 1.807) is 16.8 Å². The molecule has 1 aromatic carbocycles. The molecular formula is C18H21N3O4. The summed E-state index contributed by atoms with van der Waals surface area (Å²) in [7, 11) is 0. The number of carbonyl (C=O) groups is 2. The lowest BCUT2D eigenvalue weighted by Gasteiger charge is -2.09. The van der Waals surface area contributed by atoms with Crippen LogP contribution in [-0.2, 0) is 17.9 Å². The molecule has 2 amide bonds. The molecule has 0 aliphatic heterocycles. The Labute approximate surface area is 145 Å². The fourth-order valence-electron chi connectivity index (χ4n) is 2.24. The number of pyridine rings is 1. The maximum atomic E-state index is 11.7. The smallest absolute Gasteiger partial charge is 0.315 e. The van der Waals surface area contributed by atoms with Crippen LogP contribution in [0.3, 0.4) is 0 Å². The van der Waals surface area contributed by atoms with Gasteiger partial charge in [0.05, 0.1) is 6.54 Å². The zero-order valence-corrected chi connectivity index (χ0v) is 13.8. The van der Waals surface area contributed by atoms with E-state index in [4.69, 9.17) is 5.11 Å². The van der Waals surface area contributed by atoms with Gasteiger partial charge in [-0.05, 0) is 23.6 Å². The number of carbonyl (C=O) groups excluding carboxylic acids is 1. The van der Waals surface area contributed by atoms with Gasteiger partial charge in [-0.2, -0.15) is 0 Å². The molecule has 0 aliphatic rings. The molecule has 2 rings (SSSR count). The largest absolute Gasteiger partial charge is 0.481 e. The van der Waals surface area contributed by atoms with Crippen LogP contribution >= 0.6 is 0 Å². The Morgan fingerprint density at radius 2 is 1.72 bits per heavy atom. The zero-order chi connectivity index (χ0) is 18.1. The van der Waals surface area contributed by atoms with Crippen molar-refractivity contribution in [2.45, 2.75) is 25.9 Å². The van der Waals surface area contributed by atoms with Crippen molar-refractivity contribution in [2.24, 2.45) is 0 Å². The van der Waals surface area contributed by atoms with Crippen LogP contribution in [0.2, 0.25) is 0 Å². The second-order valence-corrected chi connectivity index (χ2v) is 5.59. The predicted molar refractivity (Wildman–Crippen MR) is 93.4 cm³/mol. The van der Waals surface area contributed by atoms with Crippen molar-refractivity contribution in [2.75, 3.05) is 6.54 Å². The van der Waals surface area contributed by atoms with E-state index < -0.39 is 5.97 Å². The number of rotatable bonds is 8. The van der Waals surface area contributed by atoms with E-state index in [9.17, 15) is 14.4 Å². The lowest BCUT2D eigenvalue weighted by molar-refractivity contribution is -0.137. The van der Waals surface area contributed by atoms with Gasteiger partial charge >= 0.3 is 12.0 Å². The third-order valence-corrected chi connectivity index (χ3v) is 3.58. The number of hydrogen-bond donors (Lipinski definition) is 3. The number of urea groups is 1. The standard InChI is InChI=1S/C18H21N3O4/c22-16-4-1-2-11-21(16)13-15-8-6-14(7-9-15)12-20-18(25)19-10-3-5-17(23)24/h1-2,4,6-9,11H,3,5,10,12-13H2,(H,23,24)(H2,19,20,25). The Morgan fingerprint density at radius 1 is 1.00 bits per heavy atom. The minimum Gasteiger partial charge on any atom is -0.481 e. The second kappa shape index (κ2) is 9.27. The fourth-order valence-corrected chi connectivity index (χ4v) is 2.24. The van der Waals surface area contributed by atoms with E-state index in [1.807, 2.05) is 30.3 Å².